The first-order valence-corrected chi connectivity index (χ1v) is 13.9. The van der Waals surface area contributed by atoms with E-state index in [9.17, 15) is 14.4 Å². The standard InChI is InChI=1S/C32H34FN5O/c1-2-31(39)36-30-8-4-7-29(30)32(22-35,26-5-3-6-27(33)17-26)25-13-15-37(16-14-25)19-24-20-38(21-24)28-11-9-23(18-34)10-12-28/h1,3,5-6,9-12,17,24-25,29-30H,4,7-8,13-16,19-21H2,(H,36,39)/t29-,30-,32?/m0/s1. The van der Waals surface area contributed by atoms with Crippen molar-refractivity contribution < 1.29 is 9.18 Å². The summed E-state index contributed by atoms with van der Waals surface area (Å²) in [5.74, 6) is 1.87. The van der Waals surface area contributed by atoms with Crippen LogP contribution in [0.4, 0.5) is 10.1 Å². The number of nitrogens with one attached hydrogen (secondary N) is 1. The Morgan fingerprint density at radius 1 is 1.08 bits per heavy atom. The molecule has 6 nitrogen and oxygen atoms in total. The van der Waals surface area contributed by atoms with Crippen molar-refractivity contribution in [1.82, 2.24) is 10.2 Å². The minimum absolute atomic E-state index is 0.0606. The fourth-order valence-corrected chi connectivity index (χ4v) is 7.20. The van der Waals surface area contributed by atoms with E-state index in [0.717, 1.165) is 70.5 Å². The number of hydrogen-bond donors (Lipinski definition) is 1. The van der Waals surface area contributed by atoms with Crippen molar-refractivity contribution in [2.45, 2.75) is 43.6 Å². The third-order valence-corrected chi connectivity index (χ3v) is 9.10. The van der Waals surface area contributed by atoms with Crippen molar-refractivity contribution in [3.63, 3.8) is 0 Å². The first-order valence-electron chi connectivity index (χ1n) is 13.9. The quantitative estimate of drug-likeness (QED) is 0.550. The lowest BCUT2D eigenvalue weighted by atomic mass is 9.59. The van der Waals surface area contributed by atoms with Gasteiger partial charge in [0.05, 0.1) is 23.1 Å². The van der Waals surface area contributed by atoms with Gasteiger partial charge in [0.2, 0.25) is 0 Å². The zero-order chi connectivity index (χ0) is 27.4. The molecule has 200 valence electrons. The first-order chi connectivity index (χ1) is 19.0. The van der Waals surface area contributed by atoms with Gasteiger partial charge in [-0.05, 0) is 92.6 Å². The van der Waals surface area contributed by atoms with Gasteiger partial charge in [-0.25, -0.2) is 4.39 Å². The molecule has 1 saturated carbocycles. The summed E-state index contributed by atoms with van der Waals surface area (Å²) in [6, 6.07) is 18.9. The third-order valence-electron chi connectivity index (χ3n) is 9.10. The van der Waals surface area contributed by atoms with Crippen LogP contribution in [0.1, 0.15) is 43.2 Å². The zero-order valence-corrected chi connectivity index (χ0v) is 22.2. The predicted molar refractivity (Wildman–Crippen MR) is 148 cm³/mol. The number of likely N-dealkylation sites (tertiary alicyclic amines) is 1. The van der Waals surface area contributed by atoms with E-state index >= 15 is 0 Å². The van der Waals surface area contributed by atoms with Gasteiger partial charge in [0, 0.05) is 43.2 Å². The Bertz CT molecular complexity index is 1310. The molecular formula is C32H34FN5O. The van der Waals surface area contributed by atoms with Gasteiger partial charge in [0.1, 0.15) is 5.82 Å². The molecule has 5 rings (SSSR count). The van der Waals surface area contributed by atoms with Gasteiger partial charge in [-0.15, -0.1) is 6.42 Å². The molecule has 0 spiro atoms. The third kappa shape index (κ3) is 5.36. The highest BCUT2D eigenvalue weighted by Crippen LogP contribution is 2.50. The van der Waals surface area contributed by atoms with Crippen LogP contribution in [0.25, 0.3) is 0 Å². The maximum absolute atomic E-state index is 14.5. The molecule has 7 heteroatoms. The number of piperidine rings is 1. The highest BCUT2D eigenvalue weighted by molar-refractivity contribution is 5.93. The number of carbonyl (C=O) groups is 1. The number of benzene rings is 2. The molecule has 2 aliphatic heterocycles. The molecule has 2 aromatic rings. The van der Waals surface area contributed by atoms with Gasteiger partial charge in [-0.3, -0.25) is 4.79 Å². The van der Waals surface area contributed by atoms with Gasteiger partial charge >= 0.3 is 0 Å². The van der Waals surface area contributed by atoms with Gasteiger partial charge in [0.15, 0.2) is 0 Å². The van der Waals surface area contributed by atoms with Crippen molar-refractivity contribution in [3.8, 4) is 24.5 Å². The summed E-state index contributed by atoms with van der Waals surface area (Å²) in [6.07, 6.45) is 9.51. The minimum Gasteiger partial charge on any atom is -0.371 e. The Kier molecular flexibility index (Phi) is 7.87. The lowest BCUT2D eigenvalue weighted by Gasteiger charge is -2.48. The molecule has 2 heterocycles. The summed E-state index contributed by atoms with van der Waals surface area (Å²) >= 11 is 0. The Morgan fingerprint density at radius 2 is 1.82 bits per heavy atom. The second-order valence-corrected chi connectivity index (χ2v) is 11.3. The molecule has 0 bridgehead atoms. The second kappa shape index (κ2) is 11.5. The molecule has 1 amide bonds. The Hall–Kier alpha value is -3.86. The van der Waals surface area contributed by atoms with Crippen LogP contribution in [0.15, 0.2) is 48.5 Å². The van der Waals surface area contributed by atoms with E-state index in [2.05, 4.69) is 33.2 Å². The van der Waals surface area contributed by atoms with Crippen LogP contribution in [0.3, 0.4) is 0 Å². The van der Waals surface area contributed by atoms with E-state index in [1.807, 2.05) is 30.3 Å². The molecule has 3 fully saturated rings. The van der Waals surface area contributed by atoms with E-state index in [0.29, 0.717) is 17.0 Å². The highest BCUT2D eigenvalue weighted by Gasteiger charge is 2.52. The molecule has 1 aliphatic carbocycles. The summed E-state index contributed by atoms with van der Waals surface area (Å²) in [4.78, 5) is 16.9. The van der Waals surface area contributed by atoms with Gasteiger partial charge < -0.3 is 15.1 Å². The van der Waals surface area contributed by atoms with Gasteiger partial charge in [-0.2, -0.15) is 10.5 Å². The Labute approximate surface area is 230 Å². The molecule has 1 unspecified atom stereocenters. The van der Waals surface area contributed by atoms with Crippen molar-refractivity contribution in [3.05, 3.63) is 65.5 Å². The molecular weight excluding hydrogens is 489 g/mol. The van der Waals surface area contributed by atoms with Crippen molar-refractivity contribution in [2.24, 2.45) is 17.8 Å². The highest BCUT2D eigenvalue weighted by atomic mass is 19.1. The Balaban J connectivity index is 1.26. The van der Waals surface area contributed by atoms with Crippen LogP contribution < -0.4 is 10.2 Å². The summed E-state index contributed by atoms with van der Waals surface area (Å²) in [5.41, 5.74) is 1.65. The monoisotopic (exact) mass is 523 g/mol. The van der Waals surface area contributed by atoms with Crippen molar-refractivity contribution in [1.29, 1.82) is 10.5 Å². The number of nitriles is 2. The number of terminal acetylenes is 1. The topological polar surface area (TPSA) is 83.2 Å². The summed E-state index contributed by atoms with van der Waals surface area (Å²) < 4.78 is 14.5. The van der Waals surface area contributed by atoms with Crippen LogP contribution in [0.5, 0.6) is 0 Å². The SMILES string of the molecule is C#CC(=O)N[C@H]1CCC[C@@H]1C(C#N)(c1cccc(F)c1)C1CCN(CC2CN(c3ccc(C#N)cc3)C2)CC1. The molecule has 2 aromatic carbocycles. The van der Waals surface area contributed by atoms with Gasteiger partial charge in [-0.1, -0.05) is 18.6 Å². The maximum Gasteiger partial charge on any atom is 0.295 e. The van der Waals surface area contributed by atoms with Crippen LogP contribution in [0, 0.1) is 58.6 Å². The van der Waals surface area contributed by atoms with E-state index in [1.165, 1.54) is 12.1 Å². The number of hydrogen-bond acceptors (Lipinski definition) is 5. The molecule has 0 radical (unpaired) electrons. The predicted octanol–water partition coefficient (Wildman–Crippen LogP) is 4.23. The van der Waals surface area contributed by atoms with Crippen molar-refractivity contribution >= 4 is 11.6 Å². The minimum atomic E-state index is -0.889. The average Bonchev–Trinajstić information content (AvgIpc) is 3.40. The number of rotatable bonds is 7. The molecule has 1 N–H and O–H groups in total. The number of nitrogens with zero attached hydrogens (tertiary/aromatic N) is 4. The van der Waals surface area contributed by atoms with E-state index < -0.39 is 11.3 Å². The van der Waals surface area contributed by atoms with E-state index in [1.54, 1.807) is 6.07 Å². The summed E-state index contributed by atoms with van der Waals surface area (Å²) in [7, 11) is 0. The number of halogens is 1. The maximum atomic E-state index is 14.5. The average molecular weight is 524 g/mol. The first kappa shape index (κ1) is 26.7. The summed E-state index contributed by atoms with van der Waals surface area (Å²) in [5, 5.41) is 22.8. The second-order valence-electron chi connectivity index (χ2n) is 11.3. The van der Waals surface area contributed by atoms with Crippen molar-refractivity contribution in [2.75, 3.05) is 37.6 Å². The fraction of sp³-hybridized carbons (Fsp3) is 0.469. The van der Waals surface area contributed by atoms with Crippen LogP contribution in [-0.4, -0.2) is 49.6 Å². The van der Waals surface area contributed by atoms with Crippen LogP contribution in [0.2, 0.25) is 0 Å². The van der Waals surface area contributed by atoms with Gasteiger partial charge in [0.25, 0.3) is 5.91 Å². The number of amides is 1. The molecule has 39 heavy (non-hydrogen) atoms. The van der Waals surface area contributed by atoms with E-state index in [4.69, 9.17) is 11.7 Å². The van der Waals surface area contributed by atoms with E-state index in [-0.39, 0.29) is 23.7 Å². The smallest absolute Gasteiger partial charge is 0.295 e. The molecule has 2 saturated heterocycles. The number of anilines is 1. The Morgan fingerprint density at radius 3 is 2.46 bits per heavy atom. The fourth-order valence-electron chi connectivity index (χ4n) is 7.20. The number of carbonyl (C=O) groups excluding carboxylic acids is 1. The zero-order valence-electron chi connectivity index (χ0n) is 22.2. The largest absolute Gasteiger partial charge is 0.371 e. The molecule has 0 aromatic heterocycles. The molecule has 3 aliphatic rings. The summed E-state index contributed by atoms with van der Waals surface area (Å²) in [6.45, 7) is 4.80. The normalized spacial score (nSPS) is 23.6. The van der Waals surface area contributed by atoms with Crippen LogP contribution >= 0.6 is 0 Å². The molecule has 3 atom stereocenters. The van der Waals surface area contributed by atoms with Crippen LogP contribution in [-0.2, 0) is 10.2 Å². The lowest BCUT2D eigenvalue weighted by molar-refractivity contribution is -0.116. The lowest BCUT2D eigenvalue weighted by Crippen LogP contribution is -2.55.